The molecule has 1 unspecified atom stereocenters. The van der Waals surface area contributed by atoms with Crippen LogP contribution in [0.2, 0.25) is 0 Å². The van der Waals surface area contributed by atoms with Crippen molar-refractivity contribution < 1.29 is 14.5 Å². The Hall–Kier alpha value is -2.69. The molecule has 114 valence electrons. The van der Waals surface area contributed by atoms with Crippen LogP contribution in [0.1, 0.15) is 28.3 Å². The monoisotopic (exact) mass is 299 g/mol. The van der Waals surface area contributed by atoms with Crippen molar-refractivity contribution in [3.63, 3.8) is 0 Å². The quantitative estimate of drug-likeness (QED) is 0.447. The second-order valence-electron chi connectivity index (χ2n) is 4.98. The normalized spacial score (nSPS) is 11.7. The van der Waals surface area contributed by atoms with E-state index in [9.17, 15) is 14.9 Å². The Morgan fingerprint density at radius 1 is 1.14 bits per heavy atom. The summed E-state index contributed by atoms with van der Waals surface area (Å²) in [5.74, 6) is 0.134. The molecular formula is C17H17NO4. The molecule has 2 aromatic carbocycles. The minimum atomic E-state index is -0.450. The number of methoxy groups -OCH3 is 1. The largest absolute Gasteiger partial charge is 0.497 e. The third kappa shape index (κ3) is 4.15. The highest BCUT2D eigenvalue weighted by atomic mass is 16.6. The van der Waals surface area contributed by atoms with Crippen LogP contribution in [0.5, 0.6) is 5.75 Å². The van der Waals surface area contributed by atoms with E-state index in [1.807, 2.05) is 6.07 Å². The summed E-state index contributed by atoms with van der Waals surface area (Å²) in [5.41, 5.74) is 1.34. The van der Waals surface area contributed by atoms with E-state index in [-0.39, 0.29) is 23.7 Å². The second-order valence-corrected chi connectivity index (χ2v) is 4.98. The molecule has 0 N–H and O–H groups in total. The molecule has 0 aliphatic carbocycles. The number of carbonyl (C=O) groups excluding carboxylic acids is 1. The summed E-state index contributed by atoms with van der Waals surface area (Å²) in [7, 11) is 1.56. The fourth-order valence-electron chi connectivity index (χ4n) is 2.31. The van der Waals surface area contributed by atoms with Crippen LogP contribution >= 0.6 is 0 Å². The second kappa shape index (κ2) is 7.36. The molecule has 0 heterocycles. The van der Waals surface area contributed by atoms with Gasteiger partial charge in [-0.25, -0.2) is 0 Å². The van der Waals surface area contributed by atoms with Crippen molar-refractivity contribution in [2.24, 2.45) is 0 Å². The molecule has 2 aromatic rings. The predicted octanol–water partition coefficient (Wildman–Crippen LogP) is 3.33. The molecule has 5 nitrogen and oxygen atoms in total. The van der Waals surface area contributed by atoms with Crippen LogP contribution in [0.3, 0.4) is 0 Å². The summed E-state index contributed by atoms with van der Waals surface area (Å²) in [6.07, 6.45) is 0.108. The van der Waals surface area contributed by atoms with Gasteiger partial charge in [-0.05, 0) is 17.7 Å². The number of carbonyl (C=O) groups is 1. The highest BCUT2D eigenvalue weighted by Crippen LogP contribution is 2.24. The molecule has 1 atom stereocenters. The lowest BCUT2D eigenvalue weighted by atomic mass is 9.91. The maximum Gasteiger partial charge on any atom is 0.211 e. The molecule has 0 fully saturated rings. The van der Waals surface area contributed by atoms with E-state index in [0.717, 1.165) is 5.56 Å². The number of hydrogen-bond donors (Lipinski definition) is 0. The fraction of sp³-hybridized carbons (Fsp3) is 0.235. The maximum atomic E-state index is 12.3. The van der Waals surface area contributed by atoms with Crippen LogP contribution < -0.4 is 4.74 Å². The van der Waals surface area contributed by atoms with Gasteiger partial charge in [-0.1, -0.05) is 42.5 Å². The highest BCUT2D eigenvalue weighted by Gasteiger charge is 2.22. The average Bonchev–Trinajstić information content (AvgIpc) is 2.54. The van der Waals surface area contributed by atoms with Gasteiger partial charge in [0.1, 0.15) is 5.75 Å². The standard InChI is InChI=1S/C17H17NO4/c1-22-16-9-7-13(8-10-16)15(12-18(20)21)11-17(19)14-5-3-2-4-6-14/h2-10,15H,11-12H2,1H3. The van der Waals surface area contributed by atoms with Crippen molar-refractivity contribution in [1.82, 2.24) is 0 Å². The number of ketones is 1. The first-order chi connectivity index (χ1) is 10.6. The Balaban J connectivity index is 2.18. The fourth-order valence-corrected chi connectivity index (χ4v) is 2.31. The molecule has 0 spiro atoms. The summed E-state index contributed by atoms with van der Waals surface area (Å²) in [6, 6.07) is 15.9. The van der Waals surface area contributed by atoms with Crippen molar-refractivity contribution in [2.45, 2.75) is 12.3 Å². The van der Waals surface area contributed by atoms with E-state index in [1.165, 1.54) is 0 Å². The van der Waals surface area contributed by atoms with Crippen molar-refractivity contribution in [3.8, 4) is 5.75 Å². The molecule has 22 heavy (non-hydrogen) atoms. The number of benzene rings is 2. The number of hydrogen-bond acceptors (Lipinski definition) is 4. The van der Waals surface area contributed by atoms with Gasteiger partial charge in [0, 0.05) is 16.9 Å². The molecule has 0 aliphatic heterocycles. The van der Waals surface area contributed by atoms with Crippen LogP contribution in [0.15, 0.2) is 54.6 Å². The number of rotatable bonds is 7. The third-order valence-corrected chi connectivity index (χ3v) is 3.48. The highest BCUT2D eigenvalue weighted by molar-refractivity contribution is 5.96. The molecule has 0 aliphatic rings. The molecule has 0 saturated carbocycles. The van der Waals surface area contributed by atoms with E-state index in [4.69, 9.17) is 4.74 Å². The van der Waals surface area contributed by atoms with Gasteiger partial charge in [-0.3, -0.25) is 14.9 Å². The van der Waals surface area contributed by atoms with Gasteiger partial charge in [0.2, 0.25) is 6.54 Å². The van der Waals surface area contributed by atoms with Crippen LogP contribution in [-0.4, -0.2) is 24.4 Å². The lowest BCUT2D eigenvalue weighted by Gasteiger charge is -2.13. The number of nitro groups is 1. The first-order valence-electron chi connectivity index (χ1n) is 6.94. The van der Waals surface area contributed by atoms with Gasteiger partial charge in [-0.2, -0.15) is 0 Å². The lowest BCUT2D eigenvalue weighted by Crippen LogP contribution is -2.16. The topological polar surface area (TPSA) is 69.4 Å². The van der Waals surface area contributed by atoms with Crippen LogP contribution in [0, 0.1) is 10.1 Å². The van der Waals surface area contributed by atoms with Gasteiger partial charge in [0.25, 0.3) is 0 Å². The predicted molar refractivity (Wildman–Crippen MR) is 83.0 cm³/mol. The molecule has 0 bridgehead atoms. The zero-order valence-corrected chi connectivity index (χ0v) is 12.3. The average molecular weight is 299 g/mol. The summed E-state index contributed by atoms with van der Waals surface area (Å²) < 4.78 is 5.08. The minimum Gasteiger partial charge on any atom is -0.497 e. The zero-order chi connectivity index (χ0) is 15.9. The Kier molecular flexibility index (Phi) is 5.25. The molecule has 2 rings (SSSR count). The molecule has 0 radical (unpaired) electrons. The van der Waals surface area contributed by atoms with Crippen molar-refractivity contribution in [3.05, 3.63) is 75.8 Å². The first-order valence-corrected chi connectivity index (χ1v) is 6.94. The molecular weight excluding hydrogens is 282 g/mol. The Labute approximate surface area is 128 Å². The summed E-state index contributed by atoms with van der Waals surface area (Å²) in [5, 5.41) is 10.9. The SMILES string of the molecule is COc1ccc(C(CC(=O)c2ccccc2)C[N+](=O)[O-])cc1. The van der Waals surface area contributed by atoms with E-state index in [1.54, 1.807) is 55.6 Å². The first kappa shape index (κ1) is 15.7. The zero-order valence-electron chi connectivity index (χ0n) is 12.3. The van der Waals surface area contributed by atoms with Gasteiger partial charge in [0.15, 0.2) is 5.78 Å². The van der Waals surface area contributed by atoms with E-state index in [0.29, 0.717) is 11.3 Å². The van der Waals surface area contributed by atoms with Crippen molar-refractivity contribution in [2.75, 3.05) is 13.7 Å². The molecule has 0 saturated heterocycles. The Morgan fingerprint density at radius 3 is 2.32 bits per heavy atom. The Morgan fingerprint density at radius 2 is 1.77 bits per heavy atom. The van der Waals surface area contributed by atoms with Crippen molar-refractivity contribution in [1.29, 1.82) is 0 Å². The van der Waals surface area contributed by atoms with Crippen molar-refractivity contribution >= 4 is 5.78 Å². The number of Topliss-reactive ketones (excluding diaryl/α,β-unsaturated/α-hetero) is 1. The van der Waals surface area contributed by atoms with Gasteiger partial charge >= 0.3 is 0 Å². The van der Waals surface area contributed by atoms with Crippen LogP contribution in [0.4, 0.5) is 0 Å². The molecule has 0 aromatic heterocycles. The maximum absolute atomic E-state index is 12.3. The van der Waals surface area contributed by atoms with E-state index in [2.05, 4.69) is 0 Å². The van der Waals surface area contributed by atoms with Crippen LogP contribution in [0.25, 0.3) is 0 Å². The Bertz CT molecular complexity index is 637. The summed E-state index contributed by atoms with van der Waals surface area (Å²) in [4.78, 5) is 22.8. The lowest BCUT2D eigenvalue weighted by molar-refractivity contribution is -0.483. The molecule has 5 heteroatoms. The van der Waals surface area contributed by atoms with Gasteiger partial charge in [-0.15, -0.1) is 0 Å². The molecule has 0 amide bonds. The number of ether oxygens (including phenoxy) is 1. The van der Waals surface area contributed by atoms with Gasteiger partial charge < -0.3 is 4.74 Å². The smallest absolute Gasteiger partial charge is 0.211 e. The number of nitrogens with zero attached hydrogens (tertiary/aromatic N) is 1. The summed E-state index contributed by atoms with van der Waals surface area (Å²) >= 11 is 0. The van der Waals surface area contributed by atoms with E-state index < -0.39 is 5.92 Å². The van der Waals surface area contributed by atoms with Gasteiger partial charge in [0.05, 0.1) is 13.0 Å². The minimum absolute atomic E-state index is 0.0942. The summed E-state index contributed by atoms with van der Waals surface area (Å²) in [6.45, 7) is -0.273. The third-order valence-electron chi connectivity index (χ3n) is 3.48. The van der Waals surface area contributed by atoms with E-state index >= 15 is 0 Å². The van der Waals surface area contributed by atoms with Crippen LogP contribution in [-0.2, 0) is 0 Å².